The molecule has 1 atom stereocenters. The van der Waals surface area contributed by atoms with E-state index in [1.54, 1.807) is 0 Å². The maximum Gasteiger partial charge on any atom is 0.177 e. The molecule has 1 aromatic rings. The highest BCUT2D eigenvalue weighted by Crippen LogP contribution is 2.11. The molecule has 1 unspecified atom stereocenters. The first-order chi connectivity index (χ1) is 6.13. The molecule has 0 aromatic carbocycles. The van der Waals surface area contributed by atoms with Crippen molar-refractivity contribution in [2.45, 2.75) is 32.1 Å². The molecule has 1 N–H and O–H groups in total. The lowest BCUT2D eigenvalue weighted by Gasteiger charge is -2.07. The third-order valence-corrected chi connectivity index (χ3v) is 3.47. The number of thioether (sulfide) groups is 1. The maximum atomic E-state index is 5.16. The number of hydrogen-bond donors (Lipinski definition) is 1. The van der Waals surface area contributed by atoms with Gasteiger partial charge in [0.2, 0.25) is 0 Å². The number of aryl methyl sites for hydroxylation is 2. The monoisotopic (exact) mass is 216 g/mol. The van der Waals surface area contributed by atoms with E-state index in [-0.39, 0.29) is 0 Å². The summed E-state index contributed by atoms with van der Waals surface area (Å²) < 4.78 is 2.95. The van der Waals surface area contributed by atoms with E-state index in [9.17, 15) is 0 Å². The summed E-state index contributed by atoms with van der Waals surface area (Å²) in [5.74, 6) is 0. The average Bonchev–Trinajstić information content (AvgIpc) is 2.41. The Bertz CT molecular complexity index is 314. The number of nitrogens with one attached hydrogen (secondary N) is 1. The summed E-state index contributed by atoms with van der Waals surface area (Å²) in [5, 5.41) is 0.706. The molecule has 0 spiro atoms. The molecule has 0 saturated heterocycles. The Balaban J connectivity index is 2.54. The Hall–Kier alpha value is -0.220. The van der Waals surface area contributed by atoms with Crippen LogP contribution in [0.2, 0.25) is 0 Å². The highest BCUT2D eigenvalue weighted by atomic mass is 32.2. The molecule has 74 valence electrons. The predicted octanol–water partition coefficient (Wildman–Crippen LogP) is 3.00. The van der Waals surface area contributed by atoms with Crippen LogP contribution in [0.3, 0.4) is 0 Å². The molecule has 1 heterocycles. The van der Waals surface area contributed by atoms with Crippen LogP contribution in [0.25, 0.3) is 0 Å². The molecule has 0 radical (unpaired) electrons. The van der Waals surface area contributed by atoms with Gasteiger partial charge in [0.1, 0.15) is 0 Å². The van der Waals surface area contributed by atoms with Crippen molar-refractivity contribution in [1.82, 2.24) is 9.55 Å². The molecule has 1 aromatic heterocycles. The number of aromatic nitrogens is 2. The summed E-state index contributed by atoms with van der Waals surface area (Å²) in [6.45, 7) is 5.29. The van der Waals surface area contributed by atoms with Gasteiger partial charge >= 0.3 is 0 Å². The number of rotatable bonds is 4. The molecule has 1 rings (SSSR count). The third-order valence-electron chi connectivity index (χ3n) is 2.09. The smallest absolute Gasteiger partial charge is 0.177 e. The summed E-state index contributed by atoms with van der Waals surface area (Å²) >= 11 is 7.06. The number of aromatic amines is 1. The van der Waals surface area contributed by atoms with E-state index < -0.39 is 0 Å². The minimum Gasteiger partial charge on any atom is -0.335 e. The van der Waals surface area contributed by atoms with Crippen molar-refractivity contribution in [3.8, 4) is 0 Å². The second-order valence-electron chi connectivity index (χ2n) is 3.27. The average molecular weight is 216 g/mol. The van der Waals surface area contributed by atoms with Gasteiger partial charge in [-0.25, -0.2) is 0 Å². The van der Waals surface area contributed by atoms with Gasteiger partial charge in [-0.1, -0.05) is 6.92 Å². The lowest BCUT2D eigenvalue weighted by Crippen LogP contribution is -2.03. The molecule has 13 heavy (non-hydrogen) atoms. The van der Waals surface area contributed by atoms with Crippen LogP contribution in [0.1, 0.15) is 19.0 Å². The SMILES string of the molecule is CSC(C)CCn1cc(C)[nH]c1=S. The zero-order chi connectivity index (χ0) is 9.84. The van der Waals surface area contributed by atoms with Crippen LogP contribution in [0.5, 0.6) is 0 Å². The van der Waals surface area contributed by atoms with Crippen molar-refractivity contribution < 1.29 is 0 Å². The van der Waals surface area contributed by atoms with Crippen LogP contribution >= 0.6 is 24.0 Å². The van der Waals surface area contributed by atoms with Crippen LogP contribution in [-0.2, 0) is 6.54 Å². The molecule has 2 nitrogen and oxygen atoms in total. The fraction of sp³-hybridized carbons (Fsp3) is 0.667. The number of H-pyrrole nitrogens is 1. The summed E-state index contributed by atoms with van der Waals surface area (Å²) in [6.07, 6.45) is 5.40. The van der Waals surface area contributed by atoms with Gasteiger partial charge in [-0.3, -0.25) is 0 Å². The number of nitrogens with zero attached hydrogens (tertiary/aromatic N) is 1. The Morgan fingerprint density at radius 3 is 2.85 bits per heavy atom. The lowest BCUT2D eigenvalue weighted by molar-refractivity contribution is 0.633. The maximum absolute atomic E-state index is 5.16. The molecule has 0 saturated carbocycles. The van der Waals surface area contributed by atoms with Crippen molar-refractivity contribution in [2.24, 2.45) is 0 Å². The molecule has 0 bridgehead atoms. The number of hydrogen-bond acceptors (Lipinski definition) is 2. The van der Waals surface area contributed by atoms with E-state index in [2.05, 4.69) is 28.9 Å². The Labute approximate surface area is 88.7 Å². The molecule has 4 heteroatoms. The second-order valence-corrected chi connectivity index (χ2v) is 4.93. The van der Waals surface area contributed by atoms with Crippen LogP contribution in [0, 0.1) is 11.7 Å². The standard InChI is InChI=1S/C9H16N2S2/c1-7-6-11(9(12)10-7)5-4-8(2)13-3/h6,8H,4-5H2,1-3H3,(H,10,12). The normalized spacial score (nSPS) is 13.2. The van der Waals surface area contributed by atoms with Crippen LogP contribution < -0.4 is 0 Å². The van der Waals surface area contributed by atoms with Gasteiger partial charge in [-0.2, -0.15) is 11.8 Å². The quantitative estimate of drug-likeness (QED) is 0.781. The van der Waals surface area contributed by atoms with E-state index in [1.165, 1.54) is 6.42 Å². The first-order valence-electron chi connectivity index (χ1n) is 4.42. The molecule has 0 aliphatic rings. The van der Waals surface area contributed by atoms with Crippen molar-refractivity contribution >= 4 is 24.0 Å². The highest BCUT2D eigenvalue weighted by Gasteiger charge is 2.01. The van der Waals surface area contributed by atoms with Crippen molar-refractivity contribution in [1.29, 1.82) is 0 Å². The lowest BCUT2D eigenvalue weighted by atomic mass is 10.3. The van der Waals surface area contributed by atoms with Gasteiger partial charge in [0.05, 0.1) is 0 Å². The first-order valence-corrected chi connectivity index (χ1v) is 6.12. The van der Waals surface area contributed by atoms with Crippen molar-refractivity contribution in [2.75, 3.05) is 6.26 Å². The van der Waals surface area contributed by atoms with E-state index in [4.69, 9.17) is 12.2 Å². The largest absolute Gasteiger partial charge is 0.335 e. The van der Waals surface area contributed by atoms with E-state index in [1.807, 2.05) is 18.7 Å². The summed E-state index contributed by atoms with van der Waals surface area (Å²) in [6, 6.07) is 0. The molecule has 0 aliphatic carbocycles. The van der Waals surface area contributed by atoms with Crippen LogP contribution in [0.15, 0.2) is 6.20 Å². The zero-order valence-electron chi connectivity index (χ0n) is 8.33. The first kappa shape index (κ1) is 10.9. The van der Waals surface area contributed by atoms with Crippen molar-refractivity contribution in [3.63, 3.8) is 0 Å². The summed E-state index contributed by atoms with van der Waals surface area (Å²) in [7, 11) is 0. The summed E-state index contributed by atoms with van der Waals surface area (Å²) in [5.41, 5.74) is 1.14. The fourth-order valence-electron chi connectivity index (χ4n) is 1.17. The minimum atomic E-state index is 0.706. The molecule has 0 aliphatic heterocycles. The molecule has 0 amide bonds. The Kier molecular flexibility index (Phi) is 4.06. The van der Waals surface area contributed by atoms with Gasteiger partial charge in [0.15, 0.2) is 4.77 Å². The Morgan fingerprint density at radius 1 is 1.69 bits per heavy atom. The molecular weight excluding hydrogens is 200 g/mol. The minimum absolute atomic E-state index is 0.706. The van der Waals surface area contributed by atoms with Crippen LogP contribution in [0.4, 0.5) is 0 Å². The molecule has 0 fully saturated rings. The van der Waals surface area contributed by atoms with Gasteiger partial charge in [-0.05, 0) is 31.8 Å². The van der Waals surface area contributed by atoms with Crippen LogP contribution in [-0.4, -0.2) is 21.1 Å². The van der Waals surface area contributed by atoms with E-state index in [0.29, 0.717) is 5.25 Å². The highest BCUT2D eigenvalue weighted by molar-refractivity contribution is 7.99. The summed E-state index contributed by atoms with van der Waals surface area (Å²) in [4.78, 5) is 3.12. The van der Waals surface area contributed by atoms with Gasteiger partial charge in [0.25, 0.3) is 0 Å². The predicted molar refractivity (Wildman–Crippen MR) is 61.9 cm³/mol. The third kappa shape index (κ3) is 3.19. The topological polar surface area (TPSA) is 20.7 Å². The van der Waals surface area contributed by atoms with Gasteiger partial charge in [0, 0.05) is 23.7 Å². The van der Waals surface area contributed by atoms with Gasteiger partial charge < -0.3 is 9.55 Å². The Morgan fingerprint density at radius 2 is 2.38 bits per heavy atom. The molecular formula is C9H16N2S2. The fourth-order valence-corrected chi connectivity index (χ4v) is 1.82. The number of imidazole rings is 1. The van der Waals surface area contributed by atoms with E-state index >= 15 is 0 Å². The van der Waals surface area contributed by atoms with E-state index in [0.717, 1.165) is 17.0 Å². The van der Waals surface area contributed by atoms with Gasteiger partial charge in [-0.15, -0.1) is 0 Å². The second kappa shape index (κ2) is 4.86. The zero-order valence-corrected chi connectivity index (χ0v) is 9.97. The van der Waals surface area contributed by atoms with Crippen molar-refractivity contribution in [3.05, 3.63) is 16.7 Å².